The summed E-state index contributed by atoms with van der Waals surface area (Å²) in [5.41, 5.74) is 2.01. The number of carbonyl (C=O) groups is 1. The van der Waals surface area contributed by atoms with Gasteiger partial charge >= 0.3 is 5.97 Å². The van der Waals surface area contributed by atoms with E-state index in [1.807, 2.05) is 13.8 Å². The second kappa shape index (κ2) is 5.31. The highest BCUT2D eigenvalue weighted by atomic mass is 127. The molecule has 0 atom stereocenters. The quantitative estimate of drug-likeness (QED) is 0.464. The molecule has 16 heavy (non-hydrogen) atoms. The molecule has 5 heteroatoms. The predicted molar refractivity (Wildman–Crippen MR) is 72.0 cm³/mol. The third-order valence-electron chi connectivity index (χ3n) is 2.04. The van der Waals surface area contributed by atoms with Gasteiger partial charge in [0.1, 0.15) is 10.7 Å². The second-order valence-electron chi connectivity index (χ2n) is 3.76. The van der Waals surface area contributed by atoms with Gasteiger partial charge in [0.05, 0.1) is 11.8 Å². The Kier molecular flexibility index (Phi) is 4.55. The average Bonchev–Trinajstić information content (AvgIpc) is 2.13. The summed E-state index contributed by atoms with van der Waals surface area (Å²) in [5, 5.41) is 0.209. The van der Waals surface area contributed by atoms with Gasteiger partial charge < -0.3 is 4.74 Å². The van der Waals surface area contributed by atoms with Crippen molar-refractivity contribution in [1.82, 2.24) is 4.98 Å². The van der Waals surface area contributed by atoms with Crippen LogP contribution in [0.15, 0.2) is 0 Å². The average molecular weight is 354 g/mol. The molecule has 3 nitrogen and oxygen atoms in total. The zero-order valence-electron chi connectivity index (χ0n) is 9.60. The van der Waals surface area contributed by atoms with Crippen molar-refractivity contribution in [2.45, 2.75) is 33.8 Å². The lowest BCUT2D eigenvalue weighted by atomic mass is 10.1. The van der Waals surface area contributed by atoms with Gasteiger partial charge in [-0.25, -0.2) is 9.78 Å². The van der Waals surface area contributed by atoms with Crippen molar-refractivity contribution >= 4 is 40.2 Å². The second-order valence-corrected chi connectivity index (χ2v) is 5.19. The van der Waals surface area contributed by atoms with E-state index in [2.05, 4.69) is 27.6 Å². The lowest BCUT2D eigenvalue weighted by Gasteiger charge is -2.13. The topological polar surface area (TPSA) is 39.2 Å². The molecule has 0 aromatic carbocycles. The molecule has 1 heterocycles. The van der Waals surface area contributed by atoms with Crippen LogP contribution in [-0.4, -0.2) is 17.1 Å². The summed E-state index contributed by atoms with van der Waals surface area (Å²) in [6, 6.07) is 0. The Hall–Kier alpha value is -0.360. The van der Waals surface area contributed by atoms with Crippen molar-refractivity contribution in [3.63, 3.8) is 0 Å². The van der Waals surface area contributed by atoms with E-state index >= 15 is 0 Å². The van der Waals surface area contributed by atoms with E-state index in [1.165, 1.54) is 0 Å². The highest BCUT2D eigenvalue weighted by Gasteiger charge is 2.20. The molecule has 0 N–H and O–H groups in total. The summed E-state index contributed by atoms with van der Waals surface area (Å²) in [7, 11) is 0. The van der Waals surface area contributed by atoms with Gasteiger partial charge in [0.15, 0.2) is 0 Å². The van der Waals surface area contributed by atoms with Crippen LogP contribution >= 0.6 is 34.2 Å². The number of carbonyl (C=O) groups excluding carboxylic acids is 1. The number of aromatic nitrogens is 1. The van der Waals surface area contributed by atoms with Crippen LogP contribution in [-0.2, 0) is 4.74 Å². The molecule has 0 aliphatic carbocycles. The summed E-state index contributed by atoms with van der Waals surface area (Å²) in [6.07, 6.45) is -0.165. The van der Waals surface area contributed by atoms with Gasteiger partial charge in [0.2, 0.25) is 0 Å². The van der Waals surface area contributed by atoms with E-state index in [1.54, 1.807) is 13.8 Å². The molecule has 0 saturated carbocycles. The lowest BCUT2D eigenvalue weighted by molar-refractivity contribution is 0.0376. The zero-order valence-corrected chi connectivity index (χ0v) is 12.5. The lowest BCUT2D eigenvalue weighted by Crippen LogP contribution is -2.15. The first-order chi connectivity index (χ1) is 7.34. The van der Waals surface area contributed by atoms with Gasteiger partial charge in [-0.2, -0.15) is 0 Å². The summed E-state index contributed by atoms with van der Waals surface area (Å²) in [4.78, 5) is 15.9. The SMILES string of the molecule is Cc1nc(Cl)c(C(=O)OC(C)C)c(C)c1I. The number of hydrogen-bond acceptors (Lipinski definition) is 3. The summed E-state index contributed by atoms with van der Waals surface area (Å²) >= 11 is 8.12. The number of nitrogens with zero attached hydrogens (tertiary/aromatic N) is 1. The molecule has 0 saturated heterocycles. The highest BCUT2D eigenvalue weighted by Crippen LogP contribution is 2.25. The standard InChI is InChI=1S/C11H13ClINO2/c1-5(2)16-11(15)8-6(3)9(13)7(4)14-10(8)12/h5H,1-4H3. The van der Waals surface area contributed by atoms with Crippen molar-refractivity contribution in [2.75, 3.05) is 0 Å². The van der Waals surface area contributed by atoms with E-state index < -0.39 is 5.97 Å². The molecule has 0 aliphatic heterocycles. The van der Waals surface area contributed by atoms with Crippen molar-refractivity contribution in [3.05, 3.63) is 25.5 Å². The Morgan fingerprint density at radius 1 is 1.44 bits per heavy atom. The van der Waals surface area contributed by atoms with Crippen molar-refractivity contribution in [1.29, 1.82) is 0 Å². The van der Waals surface area contributed by atoms with Gasteiger partial charge in [-0.15, -0.1) is 0 Å². The molecule has 1 aromatic rings. The minimum absolute atomic E-state index is 0.165. The van der Waals surface area contributed by atoms with Crippen LogP contribution in [0.3, 0.4) is 0 Å². The number of esters is 1. The Balaban J connectivity index is 3.24. The van der Waals surface area contributed by atoms with E-state index in [0.29, 0.717) is 5.56 Å². The summed E-state index contributed by atoms with van der Waals surface area (Å²) < 4.78 is 6.07. The predicted octanol–water partition coefficient (Wildman–Crippen LogP) is 3.52. The fourth-order valence-corrected chi connectivity index (χ4v) is 2.03. The minimum Gasteiger partial charge on any atom is -0.459 e. The maximum Gasteiger partial charge on any atom is 0.341 e. The van der Waals surface area contributed by atoms with Gasteiger partial charge in [-0.1, -0.05) is 11.6 Å². The number of halogens is 2. The van der Waals surface area contributed by atoms with Crippen LogP contribution in [0.5, 0.6) is 0 Å². The Labute approximate surface area is 114 Å². The van der Waals surface area contributed by atoms with Gasteiger partial charge in [0.25, 0.3) is 0 Å². The largest absolute Gasteiger partial charge is 0.459 e. The number of ether oxygens (including phenoxy) is 1. The fraction of sp³-hybridized carbons (Fsp3) is 0.455. The van der Waals surface area contributed by atoms with Crippen LogP contribution in [0, 0.1) is 17.4 Å². The van der Waals surface area contributed by atoms with Crippen LogP contribution in [0.4, 0.5) is 0 Å². The van der Waals surface area contributed by atoms with E-state index in [4.69, 9.17) is 16.3 Å². The minimum atomic E-state index is -0.414. The molecular weight excluding hydrogens is 340 g/mol. The highest BCUT2D eigenvalue weighted by molar-refractivity contribution is 14.1. The van der Waals surface area contributed by atoms with Crippen molar-refractivity contribution in [2.24, 2.45) is 0 Å². The van der Waals surface area contributed by atoms with Crippen LogP contribution in [0.2, 0.25) is 5.15 Å². The Bertz CT molecular complexity index is 432. The first-order valence-electron chi connectivity index (χ1n) is 4.87. The number of hydrogen-bond donors (Lipinski definition) is 0. The van der Waals surface area contributed by atoms with Crippen molar-refractivity contribution < 1.29 is 9.53 Å². The normalized spacial score (nSPS) is 10.7. The molecule has 0 bridgehead atoms. The number of rotatable bonds is 2. The third-order valence-corrected chi connectivity index (χ3v) is 3.90. The smallest absolute Gasteiger partial charge is 0.341 e. The van der Waals surface area contributed by atoms with Crippen molar-refractivity contribution in [3.8, 4) is 0 Å². The molecule has 1 rings (SSSR count). The van der Waals surface area contributed by atoms with Gasteiger partial charge in [-0.3, -0.25) is 0 Å². The van der Waals surface area contributed by atoms with Gasteiger partial charge in [0, 0.05) is 3.57 Å². The number of pyridine rings is 1. The Morgan fingerprint density at radius 2 is 2.00 bits per heavy atom. The molecule has 0 spiro atoms. The fourth-order valence-electron chi connectivity index (χ4n) is 1.30. The molecule has 0 amide bonds. The van der Waals surface area contributed by atoms with Crippen LogP contribution < -0.4 is 0 Å². The van der Waals surface area contributed by atoms with E-state index in [9.17, 15) is 4.79 Å². The molecule has 0 radical (unpaired) electrons. The summed E-state index contributed by atoms with van der Waals surface area (Å²) in [5.74, 6) is -0.414. The summed E-state index contributed by atoms with van der Waals surface area (Å²) in [6.45, 7) is 7.30. The monoisotopic (exact) mass is 353 g/mol. The maximum absolute atomic E-state index is 11.8. The Morgan fingerprint density at radius 3 is 2.50 bits per heavy atom. The first-order valence-corrected chi connectivity index (χ1v) is 6.33. The molecule has 88 valence electrons. The molecule has 1 aromatic heterocycles. The molecule has 0 fully saturated rings. The van der Waals surface area contributed by atoms with Gasteiger partial charge in [-0.05, 0) is 55.8 Å². The van der Waals surface area contributed by atoms with Crippen LogP contribution in [0.25, 0.3) is 0 Å². The number of aryl methyl sites for hydroxylation is 1. The van der Waals surface area contributed by atoms with E-state index in [0.717, 1.165) is 14.8 Å². The molecule has 0 unspecified atom stereocenters. The van der Waals surface area contributed by atoms with E-state index in [-0.39, 0.29) is 11.3 Å². The molecular formula is C11H13ClINO2. The third kappa shape index (κ3) is 2.85. The molecule has 0 aliphatic rings. The van der Waals surface area contributed by atoms with Crippen LogP contribution in [0.1, 0.15) is 35.5 Å². The first kappa shape index (κ1) is 13.7. The maximum atomic E-state index is 11.8. The zero-order chi connectivity index (χ0) is 12.5.